The van der Waals surface area contributed by atoms with Crippen molar-refractivity contribution in [1.82, 2.24) is 5.32 Å². The Morgan fingerprint density at radius 3 is 2.80 bits per heavy atom. The Bertz CT molecular complexity index is 312. The van der Waals surface area contributed by atoms with Gasteiger partial charge in [-0.3, -0.25) is 0 Å². The van der Waals surface area contributed by atoms with Gasteiger partial charge in [0.05, 0.1) is 7.11 Å². The van der Waals surface area contributed by atoms with Crippen LogP contribution >= 0.6 is 0 Å². The minimum atomic E-state index is 0.510. The van der Waals surface area contributed by atoms with Gasteiger partial charge in [0.15, 0.2) is 0 Å². The number of nitrogens with two attached hydrogens (primary N) is 1. The molecule has 0 bridgehead atoms. The highest BCUT2D eigenvalue weighted by atomic mass is 16.5. The Balaban J connectivity index is 2.66. The summed E-state index contributed by atoms with van der Waals surface area (Å²) in [7, 11) is 3.64. The van der Waals surface area contributed by atoms with E-state index < -0.39 is 0 Å². The first-order chi connectivity index (χ1) is 7.17. The topological polar surface area (TPSA) is 47.3 Å². The summed E-state index contributed by atoms with van der Waals surface area (Å²) in [6.45, 7) is 2.16. The molecule has 0 aromatic heterocycles. The van der Waals surface area contributed by atoms with Gasteiger partial charge in [0.25, 0.3) is 0 Å². The summed E-state index contributed by atoms with van der Waals surface area (Å²) in [6.07, 6.45) is 2.05. The molecule has 1 atom stereocenters. The molecular formula is C12H20N2O. The lowest BCUT2D eigenvalue weighted by Gasteiger charge is -2.12. The molecule has 0 aliphatic carbocycles. The molecule has 0 amide bonds. The van der Waals surface area contributed by atoms with Crippen LogP contribution < -0.4 is 15.8 Å². The van der Waals surface area contributed by atoms with Gasteiger partial charge in [-0.25, -0.2) is 0 Å². The summed E-state index contributed by atoms with van der Waals surface area (Å²) in [5, 5.41) is 3.21. The van der Waals surface area contributed by atoms with Crippen LogP contribution in [0.5, 0.6) is 5.75 Å². The number of nitrogen functional groups attached to an aromatic ring is 1. The van der Waals surface area contributed by atoms with Crippen molar-refractivity contribution in [3.63, 3.8) is 0 Å². The van der Waals surface area contributed by atoms with Gasteiger partial charge in [-0.1, -0.05) is 0 Å². The van der Waals surface area contributed by atoms with Crippen molar-refractivity contribution in [3.8, 4) is 5.75 Å². The Kier molecular flexibility index (Phi) is 4.43. The Morgan fingerprint density at radius 2 is 2.20 bits per heavy atom. The largest absolute Gasteiger partial charge is 0.497 e. The van der Waals surface area contributed by atoms with Crippen LogP contribution in [0.2, 0.25) is 0 Å². The van der Waals surface area contributed by atoms with E-state index >= 15 is 0 Å². The van der Waals surface area contributed by atoms with Crippen LogP contribution in [0.1, 0.15) is 18.9 Å². The molecule has 1 aromatic rings. The first-order valence-electron chi connectivity index (χ1n) is 5.27. The van der Waals surface area contributed by atoms with Gasteiger partial charge in [-0.15, -0.1) is 0 Å². The number of nitrogens with one attached hydrogen (secondary N) is 1. The molecule has 3 nitrogen and oxygen atoms in total. The van der Waals surface area contributed by atoms with Crippen LogP contribution in [0, 0.1) is 0 Å². The molecule has 0 saturated heterocycles. The molecule has 0 radical (unpaired) electrons. The van der Waals surface area contributed by atoms with E-state index in [4.69, 9.17) is 10.5 Å². The molecule has 0 fully saturated rings. The first kappa shape index (κ1) is 11.9. The van der Waals surface area contributed by atoms with Crippen LogP contribution in [0.3, 0.4) is 0 Å². The van der Waals surface area contributed by atoms with Crippen molar-refractivity contribution in [1.29, 1.82) is 0 Å². The molecule has 1 aromatic carbocycles. The van der Waals surface area contributed by atoms with Crippen molar-refractivity contribution in [2.75, 3.05) is 19.9 Å². The van der Waals surface area contributed by atoms with Gasteiger partial charge in [0.1, 0.15) is 5.75 Å². The van der Waals surface area contributed by atoms with E-state index in [1.165, 1.54) is 0 Å². The fourth-order valence-electron chi connectivity index (χ4n) is 1.44. The van der Waals surface area contributed by atoms with Crippen molar-refractivity contribution < 1.29 is 4.74 Å². The highest BCUT2D eigenvalue weighted by Gasteiger charge is 2.04. The number of hydrogen-bond acceptors (Lipinski definition) is 3. The molecule has 0 spiro atoms. The van der Waals surface area contributed by atoms with Crippen molar-refractivity contribution in [3.05, 3.63) is 23.8 Å². The van der Waals surface area contributed by atoms with Gasteiger partial charge < -0.3 is 15.8 Å². The third-order valence-corrected chi connectivity index (χ3v) is 2.69. The number of hydrogen-bond donors (Lipinski definition) is 2. The summed E-state index contributed by atoms with van der Waals surface area (Å²) in [5.41, 5.74) is 7.91. The SMILES string of the molecule is CNC(C)CCc1cc(OC)ccc1N. The van der Waals surface area contributed by atoms with Gasteiger partial charge >= 0.3 is 0 Å². The average molecular weight is 208 g/mol. The van der Waals surface area contributed by atoms with E-state index in [2.05, 4.69) is 12.2 Å². The van der Waals surface area contributed by atoms with E-state index in [1.807, 2.05) is 25.2 Å². The minimum absolute atomic E-state index is 0.510. The maximum Gasteiger partial charge on any atom is 0.119 e. The fraction of sp³-hybridized carbons (Fsp3) is 0.500. The Labute approximate surface area is 91.6 Å². The molecule has 0 aliphatic rings. The number of benzene rings is 1. The normalized spacial score (nSPS) is 12.5. The average Bonchev–Trinajstić information content (AvgIpc) is 2.27. The third kappa shape index (κ3) is 3.44. The summed E-state index contributed by atoms with van der Waals surface area (Å²) in [4.78, 5) is 0. The fourth-order valence-corrected chi connectivity index (χ4v) is 1.44. The van der Waals surface area contributed by atoms with E-state index in [0.717, 1.165) is 29.8 Å². The monoisotopic (exact) mass is 208 g/mol. The smallest absolute Gasteiger partial charge is 0.119 e. The maximum atomic E-state index is 5.90. The lowest BCUT2D eigenvalue weighted by molar-refractivity contribution is 0.414. The second-order valence-electron chi connectivity index (χ2n) is 3.79. The summed E-state index contributed by atoms with van der Waals surface area (Å²) >= 11 is 0. The van der Waals surface area contributed by atoms with Crippen LogP contribution in [0.4, 0.5) is 5.69 Å². The van der Waals surface area contributed by atoms with Gasteiger partial charge in [-0.2, -0.15) is 0 Å². The minimum Gasteiger partial charge on any atom is -0.497 e. The second-order valence-corrected chi connectivity index (χ2v) is 3.79. The Hall–Kier alpha value is -1.22. The van der Waals surface area contributed by atoms with Gasteiger partial charge in [0, 0.05) is 11.7 Å². The van der Waals surface area contributed by atoms with E-state index in [0.29, 0.717) is 6.04 Å². The van der Waals surface area contributed by atoms with Crippen molar-refractivity contribution in [2.24, 2.45) is 0 Å². The number of rotatable bonds is 5. The zero-order valence-electron chi connectivity index (χ0n) is 9.71. The highest BCUT2D eigenvalue weighted by Crippen LogP contribution is 2.21. The maximum absolute atomic E-state index is 5.90. The molecule has 0 saturated carbocycles. The predicted octanol–water partition coefficient (Wildman–Crippen LogP) is 1.82. The molecule has 3 N–H and O–H groups in total. The van der Waals surface area contributed by atoms with E-state index in [9.17, 15) is 0 Å². The number of methoxy groups -OCH3 is 1. The number of anilines is 1. The molecule has 1 unspecified atom stereocenters. The molecular weight excluding hydrogens is 188 g/mol. The third-order valence-electron chi connectivity index (χ3n) is 2.69. The van der Waals surface area contributed by atoms with Crippen molar-refractivity contribution in [2.45, 2.75) is 25.8 Å². The van der Waals surface area contributed by atoms with Gasteiger partial charge in [0.2, 0.25) is 0 Å². The molecule has 0 heterocycles. The first-order valence-corrected chi connectivity index (χ1v) is 5.27. The molecule has 3 heteroatoms. The lowest BCUT2D eigenvalue weighted by atomic mass is 10.0. The number of aryl methyl sites for hydroxylation is 1. The van der Waals surface area contributed by atoms with Crippen LogP contribution in [0.15, 0.2) is 18.2 Å². The van der Waals surface area contributed by atoms with Crippen LogP contribution in [0.25, 0.3) is 0 Å². The standard InChI is InChI=1S/C12H20N2O/c1-9(14-2)4-5-10-8-11(15-3)6-7-12(10)13/h6-9,14H,4-5,13H2,1-3H3. The van der Waals surface area contributed by atoms with Crippen LogP contribution in [-0.2, 0) is 6.42 Å². The van der Waals surface area contributed by atoms with E-state index in [-0.39, 0.29) is 0 Å². The van der Waals surface area contributed by atoms with Crippen LogP contribution in [-0.4, -0.2) is 20.2 Å². The second kappa shape index (κ2) is 5.61. The molecule has 1 rings (SSSR count). The summed E-state index contributed by atoms with van der Waals surface area (Å²) in [5.74, 6) is 0.872. The van der Waals surface area contributed by atoms with E-state index in [1.54, 1.807) is 7.11 Å². The summed E-state index contributed by atoms with van der Waals surface area (Å²) < 4.78 is 5.17. The predicted molar refractivity (Wildman–Crippen MR) is 64.2 cm³/mol. The zero-order chi connectivity index (χ0) is 11.3. The molecule has 15 heavy (non-hydrogen) atoms. The Morgan fingerprint density at radius 1 is 1.47 bits per heavy atom. The summed E-state index contributed by atoms with van der Waals surface area (Å²) in [6, 6.07) is 6.31. The zero-order valence-corrected chi connectivity index (χ0v) is 9.71. The lowest BCUT2D eigenvalue weighted by Crippen LogP contribution is -2.21. The number of ether oxygens (including phenoxy) is 1. The van der Waals surface area contributed by atoms with Crippen molar-refractivity contribution >= 4 is 5.69 Å². The highest BCUT2D eigenvalue weighted by molar-refractivity contribution is 5.50. The molecule has 0 aliphatic heterocycles. The quantitative estimate of drug-likeness (QED) is 0.726. The molecule has 84 valence electrons. The van der Waals surface area contributed by atoms with Gasteiger partial charge in [-0.05, 0) is 50.6 Å².